The zero-order chi connectivity index (χ0) is 6.69. The summed E-state index contributed by atoms with van der Waals surface area (Å²) in [5.74, 6) is 1.20. The maximum absolute atomic E-state index is 4.47. The minimum Gasteiger partial charge on any atom is -0.268 e. The number of hydrogen-bond donors (Lipinski definition) is 0. The number of thioether (sulfide) groups is 2. The highest BCUT2D eigenvalue weighted by Crippen LogP contribution is 2.25. The van der Waals surface area contributed by atoms with Crippen LogP contribution in [-0.2, 0) is 0 Å². The fraction of sp³-hybridized carbons (Fsp3) is 0.833. The van der Waals surface area contributed by atoms with E-state index in [1.807, 2.05) is 11.8 Å². The lowest BCUT2D eigenvalue weighted by atomic mass is 10.3. The molecule has 1 heterocycles. The molecule has 0 saturated heterocycles. The van der Waals surface area contributed by atoms with Gasteiger partial charge in [0.1, 0.15) is 4.38 Å². The van der Waals surface area contributed by atoms with Gasteiger partial charge in [0, 0.05) is 5.75 Å². The standard InChI is InChI=1S/C6H11NS2/c1-3-5-4-9-6(7-5)8-2/h5H,3-4H2,1-2H3. The van der Waals surface area contributed by atoms with Gasteiger partial charge < -0.3 is 0 Å². The summed E-state index contributed by atoms with van der Waals surface area (Å²) >= 11 is 3.65. The van der Waals surface area contributed by atoms with Crippen LogP contribution in [0.5, 0.6) is 0 Å². The zero-order valence-electron chi connectivity index (χ0n) is 5.76. The Bertz CT molecular complexity index is 122. The normalized spacial score (nSPS) is 26.4. The SMILES string of the molecule is CCC1CSC(SC)=N1. The number of nitrogens with zero attached hydrogens (tertiary/aromatic N) is 1. The van der Waals surface area contributed by atoms with Gasteiger partial charge in [-0.15, -0.1) is 11.8 Å². The van der Waals surface area contributed by atoms with Crippen molar-refractivity contribution < 1.29 is 0 Å². The second-order valence-corrected chi connectivity index (χ2v) is 4.03. The molecule has 1 aliphatic rings. The molecule has 0 amide bonds. The predicted molar refractivity (Wildman–Crippen MR) is 47.5 cm³/mol. The summed E-state index contributed by atoms with van der Waals surface area (Å²) in [5.41, 5.74) is 0. The van der Waals surface area contributed by atoms with Crippen molar-refractivity contribution in [1.29, 1.82) is 0 Å². The first-order valence-electron chi connectivity index (χ1n) is 3.11. The maximum Gasteiger partial charge on any atom is 0.124 e. The molecular formula is C6H11NS2. The second-order valence-electron chi connectivity index (χ2n) is 1.97. The van der Waals surface area contributed by atoms with E-state index in [9.17, 15) is 0 Å². The van der Waals surface area contributed by atoms with E-state index >= 15 is 0 Å². The lowest BCUT2D eigenvalue weighted by Crippen LogP contribution is -1.99. The van der Waals surface area contributed by atoms with Crippen LogP contribution in [0.3, 0.4) is 0 Å². The third-order valence-electron chi connectivity index (χ3n) is 1.33. The van der Waals surface area contributed by atoms with E-state index in [-0.39, 0.29) is 0 Å². The van der Waals surface area contributed by atoms with Gasteiger partial charge in [0.2, 0.25) is 0 Å². The lowest BCUT2D eigenvalue weighted by Gasteiger charge is -1.95. The van der Waals surface area contributed by atoms with Crippen molar-refractivity contribution in [2.75, 3.05) is 12.0 Å². The van der Waals surface area contributed by atoms with Crippen LogP contribution in [-0.4, -0.2) is 22.4 Å². The van der Waals surface area contributed by atoms with E-state index in [0.717, 1.165) is 0 Å². The highest BCUT2D eigenvalue weighted by molar-refractivity contribution is 8.38. The Labute approximate surface area is 64.7 Å². The van der Waals surface area contributed by atoms with Gasteiger partial charge in [-0.2, -0.15) is 0 Å². The Morgan fingerprint density at radius 1 is 1.89 bits per heavy atom. The molecule has 0 aromatic rings. The molecule has 1 aliphatic heterocycles. The highest BCUT2D eigenvalue weighted by atomic mass is 32.2. The molecule has 9 heavy (non-hydrogen) atoms. The van der Waals surface area contributed by atoms with Crippen LogP contribution in [0.1, 0.15) is 13.3 Å². The Morgan fingerprint density at radius 3 is 3.00 bits per heavy atom. The summed E-state index contributed by atoms with van der Waals surface area (Å²) in [5, 5.41) is 0. The third-order valence-corrected chi connectivity index (χ3v) is 3.55. The average Bonchev–Trinajstić information content (AvgIpc) is 2.34. The second kappa shape index (κ2) is 3.52. The van der Waals surface area contributed by atoms with Gasteiger partial charge in [-0.25, -0.2) is 0 Å². The highest BCUT2D eigenvalue weighted by Gasteiger charge is 2.14. The average molecular weight is 161 g/mol. The summed E-state index contributed by atoms with van der Waals surface area (Å²) in [4.78, 5) is 4.47. The van der Waals surface area contributed by atoms with Crippen molar-refractivity contribution in [3.63, 3.8) is 0 Å². The molecule has 0 fully saturated rings. The summed E-state index contributed by atoms with van der Waals surface area (Å²) in [6, 6.07) is 0.609. The number of rotatable bonds is 1. The molecule has 0 radical (unpaired) electrons. The molecule has 0 aromatic heterocycles. The number of aliphatic imine (C=N–C) groups is 1. The monoisotopic (exact) mass is 161 g/mol. The quantitative estimate of drug-likeness (QED) is 0.584. The smallest absolute Gasteiger partial charge is 0.124 e. The van der Waals surface area contributed by atoms with Gasteiger partial charge in [-0.3, -0.25) is 4.99 Å². The minimum absolute atomic E-state index is 0.609. The Hall–Kier alpha value is 0.370. The predicted octanol–water partition coefficient (Wildman–Crippen LogP) is 2.23. The molecule has 1 atom stereocenters. The molecule has 0 bridgehead atoms. The van der Waals surface area contributed by atoms with Crippen LogP contribution in [0.25, 0.3) is 0 Å². The Morgan fingerprint density at radius 2 is 2.67 bits per heavy atom. The molecule has 1 nitrogen and oxygen atoms in total. The van der Waals surface area contributed by atoms with Crippen molar-refractivity contribution in [1.82, 2.24) is 0 Å². The topological polar surface area (TPSA) is 12.4 Å². The molecule has 1 unspecified atom stereocenters. The van der Waals surface area contributed by atoms with Gasteiger partial charge in [0.15, 0.2) is 0 Å². The zero-order valence-corrected chi connectivity index (χ0v) is 7.39. The van der Waals surface area contributed by atoms with Crippen LogP contribution in [0.4, 0.5) is 0 Å². The van der Waals surface area contributed by atoms with Gasteiger partial charge in [0.25, 0.3) is 0 Å². The largest absolute Gasteiger partial charge is 0.268 e. The maximum atomic E-state index is 4.47. The Kier molecular flexibility index (Phi) is 2.92. The molecule has 0 spiro atoms. The van der Waals surface area contributed by atoms with Crippen molar-refractivity contribution >= 4 is 27.9 Å². The van der Waals surface area contributed by atoms with E-state index < -0.39 is 0 Å². The molecule has 1 rings (SSSR count). The van der Waals surface area contributed by atoms with Crippen LogP contribution in [0.2, 0.25) is 0 Å². The summed E-state index contributed by atoms with van der Waals surface area (Å²) in [7, 11) is 0. The fourth-order valence-electron chi connectivity index (χ4n) is 0.712. The van der Waals surface area contributed by atoms with E-state index in [1.165, 1.54) is 16.5 Å². The molecule has 52 valence electrons. The first-order chi connectivity index (χ1) is 4.36. The van der Waals surface area contributed by atoms with Crippen LogP contribution >= 0.6 is 23.5 Å². The molecule has 0 N–H and O–H groups in total. The summed E-state index contributed by atoms with van der Waals surface area (Å²) in [6.45, 7) is 2.19. The van der Waals surface area contributed by atoms with Crippen molar-refractivity contribution in [2.24, 2.45) is 4.99 Å². The van der Waals surface area contributed by atoms with E-state index in [2.05, 4.69) is 18.2 Å². The minimum atomic E-state index is 0.609. The van der Waals surface area contributed by atoms with Crippen LogP contribution < -0.4 is 0 Å². The van der Waals surface area contributed by atoms with Crippen LogP contribution in [0.15, 0.2) is 4.99 Å². The van der Waals surface area contributed by atoms with Crippen molar-refractivity contribution in [3.8, 4) is 0 Å². The third kappa shape index (κ3) is 1.90. The van der Waals surface area contributed by atoms with E-state index in [0.29, 0.717) is 6.04 Å². The molecule has 0 aliphatic carbocycles. The van der Waals surface area contributed by atoms with Crippen molar-refractivity contribution in [2.45, 2.75) is 19.4 Å². The van der Waals surface area contributed by atoms with Gasteiger partial charge in [-0.05, 0) is 12.7 Å². The van der Waals surface area contributed by atoms with Gasteiger partial charge in [-0.1, -0.05) is 18.7 Å². The molecule has 3 heteroatoms. The van der Waals surface area contributed by atoms with Crippen molar-refractivity contribution in [3.05, 3.63) is 0 Å². The van der Waals surface area contributed by atoms with Gasteiger partial charge in [0.05, 0.1) is 6.04 Å². The number of hydrogen-bond acceptors (Lipinski definition) is 3. The molecule has 0 aromatic carbocycles. The lowest BCUT2D eigenvalue weighted by molar-refractivity contribution is 0.739. The summed E-state index contributed by atoms with van der Waals surface area (Å²) in [6.07, 6.45) is 3.28. The Balaban J connectivity index is 2.40. The first kappa shape index (κ1) is 7.48. The fourth-order valence-corrected chi connectivity index (χ4v) is 2.51. The molecular weight excluding hydrogens is 150 g/mol. The molecule has 0 saturated carbocycles. The summed E-state index contributed by atoms with van der Waals surface area (Å²) < 4.78 is 1.27. The van der Waals surface area contributed by atoms with E-state index in [4.69, 9.17) is 0 Å². The van der Waals surface area contributed by atoms with Gasteiger partial charge >= 0.3 is 0 Å². The first-order valence-corrected chi connectivity index (χ1v) is 5.32. The van der Waals surface area contributed by atoms with E-state index in [1.54, 1.807) is 11.8 Å². The van der Waals surface area contributed by atoms with Crippen LogP contribution in [0, 0.1) is 0 Å².